The molecule has 4 rings (SSSR count). The topological polar surface area (TPSA) is 61.8 Å². The first-order valence-corrected chi connectivity index (χ1v) is 9.36. The number of amides is 2. The summed E-state index contributed by atoms with van der Waals surface area (Å²) in [7, 11) is 0. The van der Waals surface area contributed by atoms with Crippen molar-refractivity contribution in [1.82, 2.24) is 10.3 Å². The summed E-state index contributed by atoms with van der Waals surface area (Å²) in [6.07, 6.45) is 5.27. The molecule has 25 heavy (non-hydrogen) atoms. The molecule has 0 radical (unpaired) electrons. The highest BCUT2D eigenvalue weighted by Crippen LogP contribution is 2.47. The fraction of sp³-hybridized carbons (Fsp3) is 0.500. The molecule has 0 spiro atoms. The average molecular weight is 380 g/mol. The third-order valence-corrected chi connectivity index (χ3v) is 6.19. The van der Waals surface area contributed by atoms with Crippen LogP contribution in [0.4, 0.5) is 0 Å². The maximum atomic E-state index is 12.9. The molecule has 1 aliphatic heterocycles. The molecular weight excluding hydrogens is 361 g/mol. The van der Waals surface area contributed by atoms with Gasteiger partial charge in [0.1, 0.15) is 5.71 Å². The van der Waals surface area contributed by atoms with Crippen LogP contribution in [0.2, 0.25) is 10.0 Å². The van der Waals surface area contributed by atoms with Crippen LogP contribution in [0.5, 0.6) is 0 Å². The van der Waals surface area contributed by atoms with Gasteiger partial charge in [0.2, 0.25) is 5.91 Å². The Balaban J connectivity index is 1.59. The van der Waals surface area contributed by atoms with Gasteiger partial charge in [0.25, 0.3) is 5.91 Å². The van der Waals surface area contributed by atoms with Gasteiger partial charge in [0.15, 0.2) is 0 Å². The SMILES string of the molecule is O=C1CC(C(=O)N(CC2(c3ccc(Cl)c(Cl)c3)CCC2)C2CC2)=NN1. The molecule has 0 aromatic heterocycles. The van der Waals surface area contributed by atoms with Crippen LogP contribution < -0.4 is 5.43 Å². The van der Waals surface area contributed by atoms with Crippen LogP contribution in [0.15, 0.2) is 23.3 Å². The molecule has 5 nitrogen and oxygen atoms in total. The van der Waals surface area contributed by atoms with Crippen LogP contribution in [0, 0.1) is 0 Å². The molecule has 132 valence electrons. The lowest BCUT2D eigenvalue weighted by molar-refractivity contribution is -0.126. The van der Waals surface area contributed by atoms with Gasteiger partial charge in [-0.3, -0.25) is 9.59 Å². The second kappa shape index (κ2) is 6.29. The third kappa shape index (κ3) is 3.15. The summed E-state index contributed by atoms with van der Waals surface area (Å²) >= 11 is 12.3. The van der Waals surface area contributed by atoms with Gasteiger partial charge in [0, 0.05) is 18.0 Å². The minimum atomic E-state index is -0.220. The monoisotopic (exact) mass is 379 g/mol. The predicted molar refractivity (Wildman–Crippen MR) is 96.9 cm³/mol. The second-order valence-corrected chi connectivity index (χ2v) is 8.01. The van der Waals surface area contributed by atoms with Gasteiger partial charge in [0.05, 0.1) is 16.5 Å². The third-order valence-electron chi connectivity index (χ3n) is 5.45. The quantitative estimate of drug-likeness (QED) is 0.852. The molecule has 3 aliphatic rings. The Morgan fingerprint density at radius 1 is 1.28 bits per heavy atom. The Bertz CT molecular complexity index is 770. The lowest BCUT2D eigenvalue weighted by atomic mass is 9.64. The lowest BCUT2D eigenvalue weighted by Crippen LogP contribution is -2.50. The van der Waals surface area contributed by atoms with E-state index in [9.17, 15) is 9.59 Å². The van der Waals surface area contributed by atoms with Crippen molar-refractivity contribution >= 4 is 40.7 Å². The van der Waals surface area contributed by atoms with Gasteiger partial charge in [-0.05, 0) is 43.4 Å². The van der Waals surface area contributed by atoms with E-state index in [0.29, 0.717) is 22.3 Å². The van der Waals surface area contributed by atoms with Crippen molar-refractivity contribution in [3.05, 3.63) is 33.8 Å². The summed E-state index contributed by atoms with van der Waals surface area (Å²) in [6, 6.07) is 6.02. The first-order chi connectivity index (χ1) is 12.0. The molecule has 1 aromatic carbocycles. The standard InChI is InChI=1S/C18H19Cl2N3O2/c19-13-5-2-11(8-14(13)20)18(6-1-7-18)10-23(12-3-4-12)17(25)15-9-16(24)22-21-15/h2,5,8,12H,1,3-4,6-7,9-10H2,(H,22,24). The van der Waals surface area contributed by atoms with Crippen molar-refractivity contribution in [1.29, 1.82) is 0 Å². The zero-order valence-electron chi connectivity index (χ0n) is 13.7. The van der Waals surface area contributed by atoms with Crippen LogP contribution in [0.1, 0.15) is 44.1 Å². The van der Waals surface area contributed by atoms with E-state index in [-0.39, 0.29) is 29.7 Å². The Kier molecular flexibility index (Phi) is 4.24. The summed E-state index contributed by atoms with van der Waals surface area (Å²) in [5.74, 6) is -0.339. The van der Waals surface area contributed by atoms with Crippen molar-refractivity contribution < 1.29 is 9.59 Å². The number of carbonyl (C=O) groups excluding carboxylic acids is 2. The molecule has 0 saturated heterocycles. The first-order valence-electron chi connectivity index (χ1n) is 8.60. The van der Waals surface area contributed by atoms with Crippen molar-refractivity contribution in [2.24, 2.45) is 5.10 Å². The Morgan fingerprint density at radius 2 is 2.04 bits per heavy atom. The molecule has 0 unspecified atom stereocenters. The molecule has 0 atom stereocenters. The predicted octanol–water partition coefficient (Wildman–Crippen LogP) is 3.28. The fourth-order valence-corrected chi connectivity index (χ4v) is 3.99. The molecule has 1 heterocycles. The van der Waals surface area contributed by atoms with E-state index in [1.807, 2.05) is 23.1 Å². The van der Waals surface area contributed by atoms with Gasteiger partial charge < -0.3 is 4.90 Å². The maximum absolute atomic E-state index is 12.9. The zero-order chi connectivity index (χ0) is 17.6. The number of hydrogen-bond acceptors (Lipinski definition) is 3. The highest BCUT2D eigenvalue weighted by Gasteiger charge is 2.45. The van der Waals surface area contributed by atoms with Gasteiger partial charge in [-0.2, -0.15) is 5.10 Å². The van der Waals surface area contributed by atoms with Gasteiger partial charge in [-0.1, -0.05) is 35.7 Å². The van der Waals surface area contributed by atoms with Crippen molar-refractivity contribution in [2.75, 3.05) is 6.54 Å². The summed E-state index contributed by atoms with van der Waals surface area (Å²) in [5.41, 5.74) is 3.74. The summed E-state index contributed by atoms with van der Waals surface area (Å²) in [6.45, 7) is 0.641. The number of nitrogens with zero attached hydrogens (tertiary/aromatic N) is 2. The van der Waals surface area contributed by atoms with Gasteiger partial charge in [-0.25, -0.2) is 5.43 Å². The van der Waals surface area contributed by atoms with Gasteiger partial charge in [-0.15, -0.1) is 0 Å². The van der Waals surface area contributed by atoms with E-state index in [1.165, 1.54) is 0 Å². The van der Waals surface area contributed by atoms with E-state index in [2.05, 4.69) is 10.5 Å². The highest BCUT2D eigenvalue weighted by atomic mass is 35.5. The Labute approximate surface area is 156 Å². The average Bonchev–Trinajstić information content (AvgIpc) is 3.30. The second-order valence-electron chi connectivity index (χ2n) is 7.20. The summed E-state index contributed by atoms with van der Waals surface area (Å²) in [5, 5.41) is 4.99. The Morgan fingerprint density at radius 3 is 2.56 bits per heavy atom. The van der Waals surface area contributed by atoms with Crippen molar-refractivity contribution in [2.45, 2.75) is 50.0 Å². The number of nitrogens with one attached hydrogen (secondary N) is 1. The smallest absolute Gasteiger partial charge is 0.270 e. The summed E-state index contributed by atoms with van der Waals surface area (Å²) < 4.78 is 0. The highest BCUT2D eigenvalue weighted by molar-refractivity contribution is 6.43. The molecule has 1 aromatic rings. The van der Waals surface area contributed by atoms with E-state index >= 15 is 0 Å². The van der Waals surface area contributed by atoms with E-state index in [0.717, 1.165) is 37.7 Å². The van der Waals surface area contributed by atoms with Crippen molar-refractivity contribution in [3.8, 4) is 0 Å². The van der Waals surface area contributed by atoms with Gasteiger partial charge >= 0.3 is 0 Å². The van der Waals surface area contributed by atoms with E-state index < -0.39 is 0 Å². The van der Waals surface area contributed by atoms with E-state index in [1.54, 1.807) is 0 Å². The Hall–Kier alpha value is -1.59. The number of benzene rings is 1. The number of halogens is 2. The molecule has 1 N–H and O–H groups in total. The molecule has 2 aliphatic carbocycles. The minimum Gasteiger partial charge on any atom is -0.334 e. The number of carbonyl (C=O) groups is 2. The molecule has 7 heteroatoms. The minimum absolute atomic E-state index is 0.0713. The molecular formula is C18H19Cl2N3O2. The molecule has 2 saturated carbocycles. The van der Waals surface area contributed by atoms with Crippen LogP contribution in [-0.4, -0.2) is 35.0 Å². The van der Waals surface area contributed by atoms with Crippen molar-refractivity contribution in [3.63, 3.8) is 0 Å². The summed E-state index contributed by atoms with van der Waals surface area (Å²) in [4.78, 5) is 26.2. The zero-order valence-corrected chi connectivity index (χ0v) is 15.2. The maximum Gasteiger partial charge on any atom is 0.270 e. The number of hydrazone groups is 1. The largest absolute Gasteiger partial charge is 0.334 e. The lowest BCUT2D eigenvalue weighted by Gasteiger charge is -2.46. The number of rotatable bonds is 5. The van der Waals surface area contributed by atoms with Crippen LogP contribution in [0.25, 0.3) is 0 Å². The normalized spacial score (nSPS) is 21.4. The van der Waals surface area contributed by atoms with E-state index in [4.69, 9.17) is 23.2 Å². The molecule has 2 fully saturated rings. The molecule has 0 bridgehead atoms. The fourth-order valence-electron chi connectivity index (χ4n) is 3.70. The molecule has 2 amide bonds. The first kappa shape index (κ1) is 16.9. The van der Waals surface area contributed by atoms with Crippen LogP contribution in [-0.2, 0) is 15.0 Å². The van der Waals surface area contributed by atoms with Crippen LogP contribution >= 0.6 is 23.2 Å². The van der Waals surface area contributed by atoms with Crippen LogP contribution in [0.3, 0.4) is 0 Å². The number of hydrogen-bond donors (Lipinski definition) is 1.